The zero-order chi connectivity index (χ0) is 30.5. The number of nitrogens with one attached hydrogen (secondary N) is 2. The van der Waals surface area contributed by atoms with E-state index in [1.165, 1.54) is 6.20 Å². The number of rotatable bonds is 8. The van der Waals surface area contributed by atoms with E-state index in [1.807, 2.05) is 13.8 Å². The van der Waals surface area contributed by atoms with Gasteiger partial charge in [-0.1, -0.05) is 13.8 Å². The van der Waals surface area contributed by atoms with Crippen LogP contribution in [0.25, 0.3) is 0 Å². The summed E-state index contributed by atoms with van der Waals surface area (Å²) in [4.78, 5) is 80.1. The van der Waals surface area contributed by atoms with Gasteiger partial charge in [0.15, 0.2) is 0 Å². The van der Waals surface area contributed by atoms with Crippen LogP contribution in [0.5, 0.6) is 0 Å². The SMILES string of the molecule is CC(C)[C@H](NC(=O)[C@@H]1CCCN1C(=O)c1cccnc1)C(=O)N1CCC[C@H]1C(=O)N1CCC[C@H]1C(=O)Nc1cccnc1. The van der Waals surface area contributed by atoms with Gasteiger partial charge in [0.1, 0.15) is 24.2 Å². The summed E-state index contributed by atoms with van der Waals surface area (Å²) in [5, 5.41) is 5.76. The lowest BCUT2D eigenvalue weighted by Gasteiger charge is -2.34. The van der Waals surface area contributed by atoms with Gasteiger partial charge in [-0.05, 0) is 68.7 Å². The highest BCUT2D eigenvalue weighted by Crippen LogP contribution is 2.27. The third-order valence-electron chi connectivity index (χ3n) is 8.54. The summed E-state index contributed by atoms with van der Waals surface area (Å²) >= 11 is 0. The molecule has 3 aliphatic heterocycles. The minimum Gasteiger partial charge on any atom is -0.342 e. The molecule has 0 spiro atoms. The summed E-state index contributed by atoms with van der Waals surface area (Å²) < 4.78 is 0. The first kappa shape index (κ1) is 30.1. The Kier molecular flexibility index (Phi) is 9.32. The smallest absolute Gasteiger partial charge is 0.256 e. The number of hydrogen-bond donors (Lipinski definition) is 2. The van der Waals surface area contributed by atoms with Gasteiger partial charge >= 0.3 is 0 Å². The van der Waals surface area contributed by atoms with Crippen LogP contribution in [0.15, 0.2) is 49.1 Å². The van der Waals surface area contributed by atoms with Gasteiger partial charge < -0.3 is 25.3 Å². The molecule has 12 heteroatoms. The second-order valence-corrected chi connectivity index (χ2v) is 11.7. The molecule has 43 heavy (non-hydrogen) atoms. The molecule has 2 aromatic heterocycles. The van der Waals surface area contributed by atoms with Crippen molar-refractivity contribution in [1.82, 2.24) is 30.0 Å². The van der Waals surface area contributed by atoms with Gasteiger partial charge in [0, 0.05) is 38.2 Å². The maximum Gasteiger partial charge on any atom is 0.256 e. The topological polar surface area (TPSA) is 145 Å². The predicted molar refractivity (Wildman–Crippen MR) is 157 cm³/mol. The van der Waals surface area contributed by atoms with Crippen LogP contribution >= 0.6 is 0 Å². The molecule has 0 radical (unpaired) electrons. The lowest BCUT2D eigenvalue weighted by Crippen LogP contribution is -2.58. The molecule has 0 unspecified atom stereocenters. The van der Waals surface area contributed by atoms with Crippen molar-refractivity contribution in [2.45, 2.75) is 76.5 Å². The number of carbonyl (C=O) groups is 5. The predicted octanol–water partition coefficient (Wildman–Crippen LogP) is 1.84. The van der Waals surface area contributed by atoms with Crippen LogP contribution in [-0.4, -0.2) is 98.0 Å². The Morgan fingerprint density at radius 1 is 0.767 bits per heavy atom. The molecule has 5 rings (SSSR count). The molecule has 0 aliphatic carbocycles. The van der Waals surface area contributed by atoms with E-state index in [4.69, 9.17) is 0 Å². The summed E-state index contributed by atoms with van der Waals surface area (Å²) in [6.45, 7) is 4.98. The zero-order valence-electron chi connectivity index (χ0n) is 24.6. The number of carbonyl (C=O) groups excluding carboxylic acids is 5. The first-order chi connectivity index (χ1) is 20.8. The first-order valence-electron chi connectivity index (χ1n) is 15.1. The van der Waals surface area contributed by atoms with E-state index in [0.717, 1.165) is 0 Å². The fraction of sp³-hybridized carbons (Fsp3) is 0.516. The summed E-state index contributed by atoms with van der Waals surface area (Å²) in [6, 6.07) is 3.93. The number of nitrogens with zero attached hydrogens (tertiary/aromatic N) is 5. The summed E-state index contributed by atoms with van der Waals surface area (Å²) in [5.41, 5.74) is 0.967. The molecule has 3 fully saturated rings. The number of aromatic nitrogens is 2. The van der Waals surface area contributed by atoms with Gasteiger partial charge in [-0.3, -0.25) is 33.9 Å². The zero-order valence-corrected chi connectivity index (χ0v) is 24.6. The van der Waals surface area contributed by atoms with Crippen molar-refractivity contribution in [3.8, 4) is 0 Å². The van der Waals surface area contributed by atoms with Gasteiger partial charge in [-0.25, -0.2) is 0 Å². The van der Waals surface area contributed by atoms with Gasteiger partial charge in [-0.2, -0.15) is 0 Å². The average Bonchev–Trinajstić information content (AvgIpc) is 3.80. The molecule has 4 atom stereocenters. The number of pyridine rings is 2. The van der Waals surface area contributed by atoms with E-state index in [-0.39, 0.29) is 35.5 Å². The fourth-order valence-corrected chi connectivity index (χ4v) is 6.32. The molecular weight excluding hydrogens is 550 g/mol. The summed E-state index contributed by atoms with van der Waals surface area (Å²) in [5.74, 6) is -1.73. The molecule has 5 heterocycles. The maximum absolute atomic E-state index is 13.9. The molecular formula is C31H39N7O5. The lowest BCUT2D eigenvalue weighted by molar-refractivity contribution is -0.148. The second-order valence-electron chi connectivity index (χ2n) is 11.7. The third kappa shape index (κ3) is 6.52. The number of likely N-dealkylation sites (tertiary alicyclic amines) is 3. The standard InChI is InChI=1S/C31H39N7O5/c1-20(2)26(35-28(40)24-11-5-15-36(24)29(41)21-8-3-13-32-18-21)31(43)38-17-7-12-25(38)30(42)37-16-6-10-23(37)27(39)34-22-9-4-14-33-19-22/h3-4,8-9,13-14,18-20,23-26H,5-7,10-12,15-17H2,1-2H3,(H,34,39)(H,35,40)/t23-,24-,25-,26-/m0/s1. The van der Waals surface area contributed by atoms with Crippen molar-refractivity contribution in [1.29, 1.82) is 0 Å². The van der Waals surface area contributed by atoms with Crippen molar-refractivity contribution < 1.29 is 24.0 Å². The molecule has 0 saturated carbocycles. The van der Waals surface area contributed by atoms with Crippen LogP contribution in [0, 0.1) is 5.92 Å². The third-order valence-corrected chi connectivity index (χ3v) is 8.54. The largest absolute Gasteiger partial charge is 0.342 e. The van der Waals surface area contributed by atoms with Crippen molar-refractivity contribution in [3.63, 3.8) is 0 Å². The van der Waals surface area contributed by atoms with Gasteiger partial charge in [0.05, 0.1) is 17.4 Å². The van der Waals surface area contributed by atoms with E-state index in [0.29, 0.717) is 69.4 Å². The minimum atomic E-state index is -0.861. The van der Waals surface area contributed by atoms with Crippen molar-refractivity contribution in [2.24, 2.45) is 5.92 Å². The van der Waals surface area contributed by atoms with Crippen LogP contribution in [0.1, 0.15) is 62.7 Å². The van der Waals surface area contributed by atoms with Crippen LogP contribution in [0.3, 0.4) is 0 Å². The molecule has 3 aliphatic rings. The molecule has 228 valence electrons. The Labute approximate surface area is 251 Å². The second kappa shape index (κ2) is 13.3. The Morgan fingerprint density at radius 3 is 2.00 bits per heavy atom. The fourth-order valence-electron chi connectivity index (χ4n) is 6.32. The summed E-state index contributed by atoms with van der Waals surface area (Å²) in [6.07, 6.45) is 9.79. The molecule has 3 saturated heterocycles. The maximum atomic E-state index is 13.9. The van der Waals surface area contributed by atoms with Crippen LogP contribution in [0.2, 0.25) is 0 Å². The number of hydrogen-bond acceptors (Lipinski definition) is 7. The Bertz CT molecular complexity index is 1340. The van der Waals surface area contributed by atoms with Crippen molar-refractivity contribution in [3.05, 3.63) is 54.6 Å². The van der Waals surface area contributed by atoms with Crippen LogP contribution < -0.4 is 10.6 Å². The first-order valence-corrected chi connectivity index (χ1v) is 15.1. The molecule has 5 amide bonds. The van der Waals surface area contributed by atoms with E-state index in [9.17, 15) is 24.0 Å². The molecule has 12 nitrogen and oxygen atoms in total. The molecule has 0 bridgehead atoms. The lowest BCUT2D eigenvalue weighted by atomic mass is 10.0. The van der Waals surface area contributed by atoms with Crippen LogP contribution in [0.4, 0.5) is 5.69 Å². The highest BCUT2D eigenvalue weighted by Gasteiger charge is 2.45. The molecule has 2 N–H and O–H groups in total. The highest BCUT2D eigenvalue weighted by molar-refractivity contribution is 6.00. The monoisotopic (exact) mass is 589 g/mol. The number of amides is 5. The van der Waals surface area contributed by atoms with Crippen LogP contribution in [-0.2, 0) is 19.2 Å². The normalized spacial score (nSPS) is 22.5. The minimum absolute atomic E-state index is 0.243. The average molecular weight is 590 g/mol. The van der Waals surface area contributed by atoms with Crippen molar-refractivity contribution >= 4 is 35.2 Å². The molecule has 0 aromatic carbocycles. The van der Waals surface area contributed by atoms with E-state index in [2.05, 4.69) is 20.6 Å². The van der Waals surface area contributed by atoms with Crippen molar-refractivity contribution in [2.75, 3.05) is 25.0 Å². The van der Waals surface area contributed by atoms with Gasteiger partial charge in [-0.15, -0.1) is 0 Å². The van der Waals surface area contributed by atoms with Gasteiger partial charge in [0.2, 0.25) is 23.6 Å². The van der Waals surface area contributed by atoms with E-state index >= 15 is 0 Å². The highest BCUT2D eigenvalue weighted by atomic mass is 16.2. The van der Waals surface area contributed by atoms with Gasteiger partial charge in [0.25, 0.3) is 5.91 Å². The quantitative estimate of drug-likeness (QED) is 0.478. The Morgan fingerprint density at radius 2 is 1.37 bits per heavy atom. The Balaban J connectivity index is 1.25. The van der Waals surface area contributed by atoms with E-state index < -0.39 is 24.2 Å². The summed E-state index contributed by atoms with van der Waals surface area (Å²) in [7, 11) is 0. The Hall–Kier alpha value is -4.35. The molecule has 2 aromatic rings. The van der Waals surface area contributed by atoms with E-state index in [1.54, 1.807) is 57.6 Å². The number of anilines is 1.